The summed E-state index contributed by atoms with van der Waals surface area (Å²) in [4.78, 5) is 0. The Balaban J connectivity index is 0.000000550. The van der Waals surface area contributed by atoms with Crippen molar-refractivity contribution in [2.45, 2.75) is 12.1 Å². The molecule has 0 spiro atoms. The first-order valence-corrected chi connectivity index (χ1v) is 10.1. The number of halogens is 2. The van der Waals surface area contributed by atoms with Crippen LogP contribution in [-0.4, -0.2) is 0 Å². The van der Waals surface area contributed by atoms with E-state index in [1.807, 2.05) is 60.7 Å². The van der Waals surface area contributed by atoms with Gasteiger partial charge in [-0.15, -0.1) is 12.1 Å². The van der Waals surface area contributed by atoms with Crippen molar-refractivity contribution in [2.24, 2.45) is 0 Å². The van der Waals surface area contributed by atoms with Crippen LogP contribution in [0, 0.1) is 0 Å². The summed E-state index contributed by atoms with van der Waals surface area (Å²) in [6.45, 7) is 0. The van der Waals surface area contributed by atoms with E-state index in [4.69, 9.17) is 30.8 Å². The second-order valence-corrected chi connectivity index (χ2v) is 6.47. The Morgan fingerprint density at radius 2 is 0.947 bits per heavy atom. The summed E-state index contributed by atoms with van der Waals surface area (Å²) in [5, 5.41) is 0. The summed E-state index contributed by atoms with van der Waals surface area (Å²) < 4.78 is 0. The Morgan fingerprint density at radius 1 is 0.684 bits per heavy atom. The van der Waals surface area contributed by atoms with Gasteiger partial charge in [0, 0.05) is 0 Å². The van der Waals surface area contributed by atoms with Gasteiger partial charge in [-0.05, 0) is 0 Å². The minimum atomic E-state index is -0.524. The van der Waals surface area contributed by atoms with E-state index < -0.39 is 12.1 Å². The molecule has 0 radical (unpaired) electrons. The van der Waals surface area contributed by atoms with Gasteiger partial charge in [0.25, 0.3) is 0 Å². The molecule has 0 saturated carbocycles. The Morgan fingerprint density at radius 3 is 1.21 bits per heavy atom. The minimum absolute atomic E-state index is 0.346. The predicted octanol–water partition coefficient (Wildman–Crippen LogP) is 5.95. The largest absolute Gasteiger partial charge is 0.672 e. The molecular formula is C14H14Cl2N2Ru. The molecule has 19 heavy (non-hydrogen) atoms. The van der Waals surface area contributed by atoms with Crippen molar-refractivity contribution in [1.29, 1.82) is 0 Å². The standard InChI is InChI=1S/C14H14N2.2ClH.Ru/c15-13(11-7-3-1-4-8-11)14(16)12-9-5-2-6-10-12;;;/h1-10,13-16H;2*1H;/q-2;;;+4/p-2/t13-,14-;;;/m1.../s1. The Kier molecular flexibility index (Phi) is 8.28. The van der Waals surface area contributed by atoms with Gasteiger partial charge in [0.1, 0.15) is 0 Å². The van der Waals surface area contributed by atoms with E-state index in [9.17, 15) is 0 Å². The molecule has 0 aromatic heterocycles. The van der Waals surface area contributed by atoms with Crippen LogP contribution in [0.3, 0.4) is 0 Å². The predicted molar refractivity (Wildman–Crippen MR) is 78.7 cm³/mol. The molecule has 0 fully saturated rings. The number of rotatable bonds is 3. The molecule has 5 heteroatoms. The van der Waals surface area contributed by atoms with Crippen LogP contribution in [-0.2, 0) is 15.1 Å². The topological polar surface area (TPSA) is 47.6 Å². The van der Waals surface area contributed by atoms with Gasteiger partial charge >= 0.3 is 34.5 Å². The van der Waals surface area contributed by atoms with Crippen molar-refractivity contribution >= 4 is 19.4 Å². The fourth-order valence-corrected chi connectivity index (χ4v) is 1.71. The maximum absolute atomic E-state index is 8.07. The van der Waals surface area contributed by atoms with Crippen molar-refractivity contribution in [1.82, 2.24) is 0 Å². The molecular weight excluding hydrogens is 368 g/mol. The van der Waals surface area contributed by atoms with Gasteiger partial charge < -0.3 is 11.5 Å². The normalized spacial score (nSPS) is 13.1. The molecule has 0 unspecified atom stereocenters. The monoisotopic (exact) mass is 382 g/mol. The van der Waals surface area contributed by atoms with Crippen LogP contribution in [0.5, 0.6) is 0 Å². The van der Waals surface area contributed by atoms with Crippen LogP contribution < -0.4 is 0 Å². The van der Waals surface area contributed by atoms with E-state index in [1.165, 1.54) is 0 Å². The number of hydrogen-bond donors (Lipinski definition) is 0. The second-order valence-electron chi connectivity index (χ2n) is 3.83. The van der Waals surface area contributed by atoms with E-state index in [1.54, 1.807) is 0 Å². The Bertz CT molecular complexity index is 410. The van der Waals surface area contributed by atoms with Gasteiger partial charge in [0.2, 0.25) is 0 Å². The second kappa shape index (κ2) is 9.46. The molecule has 2 nitrogen and oxygen atoms in total. The van der Waals surface area contributed by atoms with E-state index in [0.29, 0.717) is 0 Å². The summed E-state index contributed by atoms with van der Waals surface area (Å²) in [5.74, 6) is 0. The number of hydrogen-bond acceptors (Lipinski definition) is 0. The smallest absolute Gasteiger partial charge is 0.0606 e. The van der Waals surface area contributed by atoms with Gasteiger partial charge in [-0.1, -0.05) is 71.8 Å². The number of benzene rings is 2. The van der Waals surface area contributed by atoms with Crippen LogP contribution in [0.1, 0.15) is 23.2 Å². The van der Waals surface area contributed by atoms with E-state index in [0.717, 1.165) is 11.1 Å². The van der Waals surface area contributed by atoms with E-state index in [2.05, 4.69) is 0 Å². The molecule has 2 rings (SSSR count). The van der Waals surface area contributed by atoms with Gasteiger partial charge in [0.05, 0.1) is 0 Å². The van der Waals surface area contributed by atoms with Crippen LogP contribution >= 0.6 is 19.4 Å². The summed E-state index contributed by atoms with van der Waals surface area (Å²) in [6, 6.07) is 18.1. The van der Waals surface area contributed by atoms with E-state index in [-0.39, 0.29) is 15.1 Å². The Labute approximate surface area is 129 Å². The van der Waals surface area contributed by atoms with Crippen molar-refractivity contribution in [3.63, 3.8) is 0 Å². The zero-order chi connectivity index (χ0) is 14.1. The van der Waals surface area contributed by atoms with Crippen molar-refractivity contribution in [2.75, 3.05) is 0 Å². The van der Waals surface area contributed by atoms with Gasteiger partial charge in [-0.2, -0.15) is 0 Å². The van der Waals surface area contributed by atoms with Crippen molar-refractivity contribution in [3.8, 4) is 0 Å². The molecule has 102 valence electrons. The first kappa shape index (κ1) is 16.6. The maximum atomic E-state index is 8.07. The van der Waals surface area contributed by atoms with Gasteiger partial charge in [0.15, 0.2) is 0 Å². The third kappa shape index (κ3) is 5.60. The minimum Gasteiger partial charge on any atom is -0.672 e. The first-order chi connectivity index (χ1) is 9.20. The molecule has 0 bridgehead atoms. The summed E-state index contributed by atoms with van der Waals surface area (Å²) in [5.41, 5.74) is 17.9. The Hall–Kier alpha value is -0.437. The summed E-state index contributed by atoms with van der Waals surface area (Å²) >= 11 is -0.346. The van der Waals surface area contributed by atoms with Crippen molar-refractivity contribution < 1.29 is 15.1 Å². The molecule has 2 N–H and O–H groups in total. The van der Waals surface area contributed by atoms with Crippen LogP contribution in [0.2, 0.25) is 0 Å². The molecule has 0 heterocycles. The molecule has 0 aliphatic rings. The fraction of sp³-hybridized carbons (Fsp3) is 0.143. The third-order valence-corrected chi connectivity index (χ3v) is 2.65. The van der Waals surface area contributed by atoms with Crippen LogP contribution in [0.4, 0.5) is 0 Å². The molecule has 0 saturated heterocycles. The first-order valence-electron chi connectivity index (χ1n) is 5.58. The quantitative estimate of drug-likeness (QED) is 0.589. The fourth-order valence-electron chi connectivity index (χ4n) is 1.71. The summed E-state index contributed by atoms with van der Waals surface area (Å²) in [7, 11) is 9.71. The number of nitrogens with one attached hydrogen (secondary N) is 2. The van der Waals surface area contributed by atoms with Gasteiger partial charge in [-0.3, -0.25) is 0 Å². The van der Waals surface area contributed by atoms with Crippen LogP contribution in [0.25, 0.3) is 11.5 Å². The SMILES string of the molecule is [Cl][Ru+2][Cl].[NH-][C@H](c1ccccc1)[C@H]([NH-])c1ccccc1. The molecule has 2 aromatic rings. The average Bonchev–Trinajstić information content (AvgIpc) is 2.48. The summed E-state index contributed by atoms with van der Waals surface area (Å²) in [6.07, 6.45) is 0. The maximum Gasteiger partial charge on any atom is -0.0606 e. The van der Waals surface area contributed by atoms with Crippen molar-refractivity contribution in [3.05, 3.63) is 83.3 Å². The van der Waals surface area contributed by atoms with Gasteiger partial charge in [-0.25, -0.2) is 0 Å². The zero-order valence-corrected chi connectivity index (χ0v) is 13.3. The molecule has 0 amide bonds. The molecule has 2 aromatic carbocycles. The van der Waals surface area contributed by atoms with E-state index >= 15 is 0 Å². The third-order valence-electron chi connectivity index (χ3n) is 2.65. The molecule has 2 atom stereocenters. The van der Waals surface area contributed by atoms with Crippen LogP contribution in [0.15, 0.2) is 60.7 Å². The average molecular weight is 382 g/mol. The zero-order valence-electron chi connectivity index (χ0n) is 10.0. The molecule has 0 aliphatic heterocycles. The molecule has 0 aliphatic carbocycles.